The zero-order chi connectivity index (χ0) is 22.0. The van der Waals surface area contributed by atoms with E-state index in [0.29, 0.717) is 19.1 Å². The maximum atomic E-state index is 12.9. The Kier molecular flexibility index (Phi) is 6.17. The minimum absolute atomic E-state index is 0.0931. The summed E-state index contributed by atoms with van der Waals surface area (Å²) in [5.41, 5.74) is 2.10. The fourth-order valence-electron chi connectivity index (χ4n) is 4.51. The van der Waals surface area contributed by atoms with Crippen molar-refractivity contribution >= 4 is 17.5 Å². The van der Waals surface area contributed by atoms with Crippen LogP contribution in [0.2, 0.25) is 0 Å². The highest BCUT2D eigenvalue weighted by Gasteiger charge is 2.25. The topological polar surface area (TPSA) is 52.6 Å². The molecule has 6 heteroatoms. The molecule has 2 saturated heterocycles. The van der Waals surface area contributed by atoms with E-state index < -0.39 is 0 Å². The molecule has 166 valence electrons. The molecule has 2 aliphatic rings. The normalized spacial score (nSPS) is 20.1. The first-order valence-corrected chi connectivity index (χ1v) is 11.6. The van der Waals surface area contributed by atoms with Gasteiger partial charge in [0.15, 0.2) is 11.6 Å². The van der Waals surface area contributed by atoms with Crippen molar-refractivity contribution in [1.82, 2.24) is 15.1 Å². The van der Waals surface area contributed by atoms with Crippen LogP contribution in [-0.4, -0.2) is 59.8 Å². The van der Waals surface area contributed by atoms with Gasteiger partial charge in [0.1, 0.15) is 0 Å². The van der Waals surface area contributed by atoms with Crippen LogP contribution in [0.4, 0.5) is 11.6 Å². The lowest BCUT2D eigenvalue weighted by molar-refractivity contribution is 0.0746. The van der Waals surface area contributed by atoms with Gasteiger partial charge in [0.05, 0.1) is 0 Å². The molecule has 0 saturated carbocycles. The molecule has 2 fully saturated rings. The molecule has 3 heterocycles. The van der Waals surface area contributed by atoms with Crippen molar-refractivity contribution in [3.05, 3.63) is 47.5 Å². The summed E-state index contributed by atoms with van der Waals surface area (Å²) in [6.45, 7) is 12.8. The molecule has 4 rings (SSSR count). The van der Waals surface area contributed by atoms with E-state index in [1.807, 2.05) is 17.0 Å². The van der Waals surface area contributed by atoms with Gasteiger partial charge in [-0.15, -0.1) is 10.2 Å². The third-order valence-electron chi connectivity index (χ3n) is 6.62. The fraction of sp³-hybridized carbons (Fsp3) is 0.560. The van der Waals surface area contributed by atoms with Crippen molar-refractivity contribution in [3.8, 4) is 0 Å². The van der Waals surface area contributed by atoms with Crippen LogP contribution in [0.3, 0.4) is 0 Å². The van der Waals surface area contributed by atoms with Crippen molar-refractivity contribution < 1.29 is 4.79 Å². The number of nitrogens with zero attached hydrogens (tertiary/aromatic N) is 5. The van der Waals surface area contributed by atoms with Gasteiger partial charge in [0, 0.05) is 44.3 Å². The highest BCUT2D eigenvalue weighted by Crippen LogP contribution is 2.25. The third-order valence-corrected chi connectivity index (χ3v) is 6.62. The Morgan fingerprint density at radius 1 is 0.871 bits per heavy atom. The average Bonchev–Trinajstić information content (AvgIpc) is 2.79. The quantitative estimate of drug-likeness (QED) is 0.746. The first-order valence-electron chi connectivity index (χ1n) is 11.6. The molecule has 1 unspecified atom stereocenters. The maximum absolute atomic E-state index is 12.9. The summed E-state index contributed by atoms with van der Waals surface area (Å²) in [6.07, 6.45) is 3.74. The summed E-state index contributed by atoms with van der Waals surface area (Å²) in [5, 5.41) is 9.01. The predicted octanol–water partition coefficient (Wildman–Crippen LogP) is 4.12. The van der Waals surface area contributed by atoms with Crippen LogP contribution in [0, 0.1) is 0 Å². The molecule has 2 aliphatic heterocycles. The van der Waals surface area contributed by atoms with Gasteiger partial charge in [-0.3, -0.25) is 4.79 Å². The number of piperidine rings is 1. The smallest absolute Gasteiger partial charge is 0.253 e. The Hall–Kier alpha value is -2.63. The van der Waals surface area contributed by atoms with Crippen LogP contribution >= 0.6 is 0 Å². The maximum Gasteiger partial charge on any atom is 0.253 e. The van der Waals surface area contributed by atoms with E-state index in [1.54, 1.807) is 0 Å². The van der Waals surface area contributed by atoms with Crippen LogP contribution < -0.4 is 9.80 Å². The van der Waals surface area contributed by atoms with E-state index in [0.717, 1.165) is 36.8 Å². The third kappa shape index (κ3) is 4.83. The van der Waals surface area contributed by atoms with Crippen LogP contribution in [0.5, 0.6) is 0 Å². The van der Waals surface area contributed by atoms with E-state index in [-0.39, 0.29) is 11.3 Å². The second-order valence-corrected chi connectivity index (χ2v) is 9.89. The number of carbonyl (C=O) groups excluding carboxylic acids is 1. The van der Waals surface area contributed by atoms with Gasteiger partial charge in [-0.1, -0.05) is 32.9 Å². The molecule has 1 aromatic carbocycles. The van der Waals surface area contributed by atoms with Crippen molar-refractivity contribution in [2.45, 2.75) is 58.4 Å². The number of piperazine rings is 1. The number of anilines is 2. The Morgan fingerprint density at radius 2 is 1.52 bits per heavy atom. The Balaban J connectivity index is 1.34. The molecule has 1 amide bonds. The Labute approximate surface area is 186 Å². The lowest BCUT2D eigenvalue weighted by Crippen LogP contribution is -2.49. The number of carbonyl (C=O) groups is 1. The summed E-state index contributed by atoms with van der Waals surface area (Å²) < 4.78 is 0. The number of rotatable bonds is 3. The molecular weight excluding hydrogens is 386 g/mol. The number of hydrogen-bond acceptors (Lipinski definition) is 5. The van der Waals surface area contributed by atoms with Crippen molar-refractivity contribution in [2.24, 2.45) is 0 Å². The summed E-state index contributed by atoms with van der Waals surface area (Å²) in [6, 6.07) is 12.8. The van der Waals surface area contributed by atoms with Crippen molar-refractivity contribution in [1.29, 1.82) is 0 Å². The fourth-order valence-corrected chi connectivity index (χ4v) is 4.51. The summed E-state index contributed by atoms with van der Waals surface area (Å²) in [5.74, 6) is 1.99. The molecule has 0 aliphatic carbocycles. The van der Waals surface area contributed by atoms with Crippen LogP contribution in [0.1, 0.15) is 62.9 Å². The van der Waals surface area contributed by atoms with Gasteiger partial charge in [-0.2, -0.15) is 0 Å². The molecule has 1 atom stereocenters. The molecule has 0 spiro atoms. The molecular formula is C25H35N5O. The number of amides is 1. The molecule has 0 bridgehead atoms. The minimum atomic E-state index is 0.0931. The van der Waals surface area contributed by atoms with E-state index in [2.05, 4.69) is 72.0 Å². The van der Waals surface area contributed by atoms with Crippen molar-refractivity contribution in [3.63, 3.8) is 0 Å². The molecule has 0 N–H and O–H groups in total. The lowest BCUT2D eigenvalue weighted by Gasteiger charge is -2.36. The molecule has 1 aromatic heterocycles. The summed E-state index contributed by atoms with van der Waals surface area (Å²) in [4.78, 5) is 19.5. The molecule has 0 radical (unpaired) electrons. The lowest BCUT2D eigenvalue weighted by atomic mass is 9.86. The zero-order valence-electron chi connectivity index (χ0n) is 19.3. The monoisotopic (exact) mass is 421 g/mol. The second kappa shape index (κ2) is 8.85. The van der Waals surface area contributed by atoms with Gasteiger partial charge < -0.3 is 14.7 Å². The van der Waals surface area contributed by atoms with Gasteiger partial charge in [0.2, 0.25) is 0 Å². The first-order chi connectivity index (χ1) is 14.8. The van der Waals surface area contributed by atoms with E-state index in [1.165, 1.54) is 24.8 Å². The Bertz CT molecular complexity index is 880. The summed E-state index contributed by atoms with van der Waals surface area (Å²) in [7, 11) is 0. The second-order valence-electron chi connectivity index (χ2n) is 9.89. The SMILES string of the molecule is CC1CCCCN1c1ccc(N2CCN(C(=O)c3ccc(C(C)(C)C)cc3)CC2)nn1. The standard InChI is InChI=1S/C25H35N5O/c1-19-7-5-6-14-30(19)23-13-12-22(26-27-23)28-15-17-29(18-16-28)24(31)20-8-10-21(11-9-20)25(2,3)4/h8-13,19H,5-7,14-18H2,1-4H3. The molecule has 6 nitrogen and oxygen atoms in total. The minimum Gasteiger partial charge on any atom is -0.352 e. The Morgan fingerprint density at radius 3 is 2.10 bits per heavy atom. The molecule has 2 aromatic rings. The predicted molar refractivity (Wildman–Crippen MR) is 126 cm³/mol. The highest BCUT2D eigenvalue weighted by molar-refractivity contribution is 5.94. The van der Waals surface area contributed by atoms with Crippen molar-refractivity contribution in [2.75, 3.05) is 42.5 Å². The number of hydrogen-bond donors (Lipinski definition) is 0. The molecule has 31 heavy (non-hydrogen) atoms. The van der Waals surface area contributed by atoms with Gasteiger partial charge in [-0.05, 0) is 61.4 Å². The number of aromatic nitrogens is 2. The largest absolute Gasteiger partial charge is 0.352 e. The van der Waals surface area contributed by atoms with Crippen LogP contribution in [0.15, 0.2) is 36.4 Å². The van der Waals surface area contributed by atoms with E-state index >= 15 is 0 Å². The van der Waals surface area contributed by atoms with E-state index in [9.17, 15) is 4.79 Å². The van der Waals surface area contributed by atoms with Crippen LogP contribution in [-0.2, 0) is 5.41 Å². The summed E-state index contributed by atoms with van der Waals surface area (Å²) >= 11 is 0. The highest BCUT2D eigenvalue weighted by atomic mass is 16.2. The number of benzene rings is 1. The zero-order valence-corrected chi connectivity index (χ0v) is 19.3. The first kappa shape index (κ1) is 21.6. The van der Waals surface area contributed by atoms with Gasteiger partial charge in [-0.25, -0.2) is 0 Å². The van der Waals surface area contributed by atoms with Gasteiger partial charge in [0.25, 0.3) is 5.91 Å². The van der Waals surface area contributed by atoms with Crippen LogP contribution in [0.25, 0.3) is 0 Å². The average molecular weight is 422 g/mol. The van der Waals surface area contributed by atoms with Gasteiger partial charge >= 0.3 is 0 Å². The van der Waals surface area contributed by atoms with E-state index in [4.69, 9.17) is 0 Å².